The van der Waals surface area contributed by atoms with Crippen molar-refractivity contribution in [3.63, 3.8) is 0 Å². The molecule has 14 heterocycles. The van der Waals surface area contributed by atoms with Crippen molar-refractivity contribution < 1.29 is 9.47 Å². The van der Waals surface area contributed by atoms with Crippen LogP contribution in [0.1, 0.15) is 81.1 Å². The highest BCUT2D eigenvalue weighted by atomic mass is 79.9. The number of piperidine rings is 2. The van der Waals surface area contributed by atoms with E-state index in [1.807, 2.05) is 122 Å². The second-order valence-electron chi connectivity index (χ2n) is 35.1. The third-order valence-corrected chi connectivity index (χ3v) is 31.8. The van der Waals surface area contributed by atoms with Crippen LogP contribution in [0.4, 0.5) is 81.5 Å². The van der Waals surface area contributed by atoms with Gasteiger partial charge in [0.15, 0.2) is 4.73 Å². The Morgan fingerprint density at radius 1 is 0.324 bits per heavy atom. The number of nitrogens with two attached hydrogens (primary N) is 2. The van der Waals surface area contributed by atoms with Crippen LogP contribution in [0.3, 0.4) is 0 Å². The van der Waals surface area contributed by atoms with Crippen LogP contribution >= 0.6 is 169 Å². The number of nitrogens with zero attached hydrogens (tertiary/aromatic N) is 22. The molecule has 4 saturated heterocycles. The number of thiol groups is 1. The smallest absolute Gasteiger partial charge is 0.227 e. The molecule has 32 nitrogen and oxygen atoms in total. The number of rotatable bonds is 22. The van der Waals surface area contributed by atoms with Crippen molar-refractivity contribution in [1.29, 1.82) is 0 Å². The van der Waals surface area contributed by atoms with Crippen molar-refractivity contribution in [2.24, 2.45) is 22.3 Å². The van der Waals surface area contributed by atoms with Crippen LogP contribution in [-0.2, 0) is 9.47 Å². The minimum absolute atomic E-state index is 0.0970. The molecule has 0 amide bonds. The van der Waals surface area contributed by atoms with Gasteiger partial charge in [-0.05, 0) is 171 Å². The van der Waals surface area contributed by atoms with Crippen LogP contribution in [0, 0.1) is 10.8 Å². The van der Waals surface area contributed by atoms with E-state index < -0.39 is 0 Å². The van der Waals surface area contributed by atoms with Gasteiger partial charge in [-0.3, -0.25) is 0 Å². The molecule has 4 atom stereocenters. The summed E-state index contributed by atoms with van der Waals surface area (Å²) in [5, 5.41) is 25.0. The van der Waals surface area contributed by atoms with Gasteiger partial charge in [-0.25, -0.2) is 99.7 Å². The Labute approximate surface area is 929 Å². The zero-order valence-corrected chi connectivity index (χ0v) is 93.0. The quantitative estimate of drug-likeness (QED) is 0.0173. The van der Waals surface area contributed by atoms with Gasteiger partial charge in [0.2, 0.25) is 35.7 Å². The number of anilines is 14. The number of ether oxygens (including phenoxy) is 2. The molecule has 148 heavy (non-hydrogen) atoms. The van der Waals surface area contributed by atoms with Crippen molar-refractivity contribution in [3.05, 3.63) is 316 Å². The van der Waals surface area contributed by atoms with E-state index >= 15 is 0 Å². The molecule has 4 fully saturated rings. The van der Waals surface area contributed by atoms with E-state index in [1.165, 1.54) is 41.5 Å². The highest BCUT2D eigenvalue weighted by Gasteiger charge is 2.49. The first kappa shape index (κ1) is 113. The minimum Gasteiger partial charge on any atom is -0.376 e. The Balaban J connectivity index is 0.000000141. The molecule has 2 spiro atoms. The van der Waals surface area contributed by atoms with E-state index in [0.29, 0.717) is 80.7 Å². The monoisotopic (exact) mass is 2300 g/mol. The largest absolute Gasteiger partial charge is 0.376 e. The number of aromatic nitrogens is 20. The maximum atomic E-state index is 6.63. The SMILES string of the molecule is Brc1ncccn1.CC(C)(C)Sc1cccc(Nc2ncccn2)c1Cl.CC(C)(C)Sc1cccc(Nc2ncccn2)c1Cl.C[C@@H]1OCC2(CCN(c3cnc(Sc4cccc(Nc5ncccn5)c4Cl)cn3)CC2)[C@@H]1N.C[C@@H]1OCC2(CCN(c3cnc(Sc4cccc(Nc5ncccn5)c4Cl)cn3)CC2)[C@@H]1N.Clc1cnc(Sc2cccc(Nc3ncccn3)c2Cl)cn1.Sc1cccc(Nc2ncccn2)c1Cl. The Morgan fingerprint density at radius 2 is 0.574 bits per heavy atom. The zero-order valence-electron chi connectivity index (χ0n) is 81.2. The lowest BCUT2D eigenvalue weighted by Gasteiger charge is -2.41. The first-order chi connectivity index (χ1) is 71.4. The third-order valence-electron chi connectivity index (χ3n) is 22.4. The fraction of sp³-hybridized carbons (Fsp3) is 0.255. The predicted molar refractivity (Wildman–Crippen MR) is 607 cm³/mol. The predicted octanol–water partition coefficient (Wildman–Crippen LogP) is 26.7. The molecule has 46 heteroatoms. The lowest BCUT2D eigenvalue weighted by Crippen LogP contribution is -2.50. The second kappa shape index (κ2) is 55.1. The summed E-state index contributed by atoms with van der Waals surface area (Å²) >= 11 is 59.4. The molecule has 766 valence electrons. The summed E-state index contributed by atoms with van der Waals surface area (Å²) in [7, 11) is 0. The van der Waals surface area contributed by atoms with Gasteiger partial charge in [0.25, 0.3) is 0 Å². The second-order valence-corrected chi connectivity index (χ2v) is 45.8. The topological polar surface area (TPSA) is 407 Å². The number of hydrogen-bond donors (Lipinski definition) is 9. The van der Waals surface area contributed by atoms with Crippen molar-refractivity contribution in [1.82, 2.24) is 99.7 Å². The van der Waals surface area contributed by atoms with Crippen molar-refractivity contribution >= 4 is 250 Å². The van der Waals surface area contributed by atoms with Gasteiger partial charge in [0, 0.05) is 175 Å². The molecule has 4 aliphatic heterocycles. The van der Waals surface area contributed by atoms with E-state index in [1.54, 1.807) is 171 Å². The van der Waals surface area contributed by atoms with Crippen molar-refractivity contribution in [2.45, 2.75) is 159 Å². The summed E-state index contributed by atoms with van der Waals surface area (Å²) in [5.41, 5.74) is 17.7. The number of hydrogen-bond acceptors (Lipinski definition) is 38. The Bertz CT molecular complexity index is 6590. The number of thioether (sulfide) groups is 2. The van der Waals surface area contributed by atoms with Crippen LogP contribution in [0.25, 0.3) is 0 Å². The highest BCUT2D eigenvalue weighted by molar-refractivity contribution is 9.10. The Morgan fingerprint density at radius 3 is 0.811 bits per heavy atom. The fourth-order valence-electron chi connectivity index (χ4n) is 14.9. The Hall–Kier alpha value is -11.0. The highest BCUT2D eigenvalue weighted by Crippen LogP contribution is 2.48. The molecule has 20 rings (SSSR count). The first-order valence-corrected chi connectivity index (χ1v) is 54.2. The summed E-state index contributed by atoms with van der Waals surface area (Å²) < 4.78 is 12.5. The maximum absolute atomic E-state index is 6.63. The van der Waals surface area contributed by atoms with Crippen molar-refractivity contribution in [2.75, 3.05) is 81.1 Å². The molecule has 0 unspecified atom stereocenters. The molecule has 4 aliphatic rings. The van der Waals surface area contributed by atoms with E-state index in [-0.39, 0.29) is 44.6 Å². The van der Waals surface area contributed by atoms with Crippen LogP contribution in [-0.4, -0.2) is 173 Å². The van der Waals surface area contributed by atoms with Crippen LogP contribution in [0.2, 0.25) is 35.3 Å². The first-order valence-electron chi connectivity index (χ1n) is 46.2. The average molecular weight is 2300 g/mol. The van der Waals surface area contributed by atoms with Gasteiger partial charge in [0.05, 0.1) is 127 Å². The van der Waals surface area contributed by atoms with Crippen LogP contribution in [0.15, 0.2) is 325 Å². The molecule has 0 saturated carbocycles. The number of halogens is 8. The Kier molecular flexibility index (Phi) is 41.9. The summed E-state index contributed by atoms with van der Waals surface area (Å²) in [6.45, 7) is 22.3. The van der Waals surface area contributed by atoms with Gasteiger partial charge in [-0.2, -0.15) is 0 Å². The molecule has 6 aromatic carbocycles. The van der Waals surface area contributed by atoms with Gasteiger partial charge >= 0.3 is 0 Å². The molecular weight excluding hydrogens is 2200 g/mol. The van der Waals surface area contributed by atoms with E-state index in [4.69, 9.17) is 102 Å². The van der Waals surface area contributed by atoms with E-state index in [9.17, 15) is 0 Å². The molecule has 0 radical (unpaired) electrons. The zero-order chi connectivity index (χ0) is 105. The average Bonchev–Trinajstić information content (AvgIpc) is 1.62. The summed E-state index contributed by atoms with van der Waals surface area (Å²) in [4.78, 5) is 93.9. The molecule has 16 aromatic rings. The molecule has 0 bridgehead atoms. The molecule has 0 aliphatic carbocycles. The standard InChI is InChI=1S/2C23H26ClN7OS.C14H9Cl2N5S.2C14H16ClN3S.C10H8ClN3S.C4H3BrN2/c2*1-15-21(25)23(14-32-15)6-10-31(11-7-23)18-12-29-19(13-28-18)33-17-5-2-4-16(20(17)24)30-22-26-8-3-9-27-22;15-11-7-20-12(8-19-11)22-10-4-1-3-9(13(10)16)21-14-17-5-2-6-18-14;2*1-14(2,3)19-11-7-4-6-10(12(11)15)18-13-16-8-5-9-17-13;11-9-7(3-1-4-8(9)15)14-10-12-5-2-6-13-10;5-4-6-2-1-3-7-4/h2*2-5,8-9,12-13,15,21H,6-7,10-11,14,25H2,1H3,(H,26,27,30);1-8H,(H,17,18,21);2*4-9H,1-3H3,(H,16,17,18);1-6,15H,(H,12,13,14);1-3H/t2*15-,21+;;;;;/m00...../s1. The van der Waals surface area contributed by atoms with Gasteiger partial charge in [-0.15, -0.1) is 36.2 Å². The summed E-state index contributed by atoms with van der Waals surface area (Å²) in [6.07, 6.45) is 38.1. The van der Waals surface area contributed by atoms with Gasteiger partial charge < -0.3 is 62.6 Å². The van der Waals surface area contributed by atoms with E-state index in [0.717, 1.165) is 150 Å². The summed E-state index contributed by atoms with van der Waals surface area (Å²) in [5.74, 6) is 4.85. The van der Waals surface area contributed by atoms with Gasteiger partial charge in [-0.1, -0.05) is 194 Å². The maximum Gasteiger partial charge on any atom is 0.227 e. The van der Waals surface area contributed by atoms with Gasteiger partial charge in [0.1, 0.15) is 31.9 Å². The normalized spacial score (nSPS) is 15.7. The molecule has 10 N–H and O–H groups in total. The number of nitrogens with one attached hydrogen (secondary N) is 6. The summed E-state index contributed by atoms with van der Waals surface area (Å²) in [6, 6.07) is 47.2. The third kappa shape index (κ3) is 33.5. The lowest BCUT2D eigenvalue weighted by molar-refractivity contribution is 0.0973. The molecular formula is C102H104BrCl7N30O2S6. The van der Waals surface area contributed by atoms with Crippen LogP contribution < -0.4 is 53.2 Å². The van der Waals surface area contributed by atoms with E-state index in [2.05, 4.69) is 225 Å². The fourth-order valence-corrected chi connectivity index (χ4v) is 21.5. The number of benzene rings is 6. The van der Waals surface area contributed by atoms with Crippen molar-refractivity contribution in [3.8, 4) is 0 Å². The minimum atomic E-state index is 0.0970. The van der Waals surface area contributed by atoms with Crippen LogP contribution in [0.5, 0.6) is 0 Å². The molecule has 10 aromatic heterocycles. The lowest BCUT2D eigenvalue weighted by atomic mass is 9.73.